The van der Waals surface area contributed by atoms with Crippen LogP contribution in [0.5, 0.6) is 0 Å². The largest absolute Gasteiger partial charge is 0.399 e. The first-order valence-electron chi connectivity index (χ1n) is 5.19. The Labute approximate surface area is 116 Å². The number of hydrogen-bond donors (Lipinski definition) is 2. The molecule has 7 heteroatoms. The van der Waals surface area contributed by atoms with Gasteiger partial charge in [-0.05, 0) is 18.2 Å². The zero-order valence-electron chi connectivity index (χ0n) is 9.48. The topological polar surface area (TPSA) is 75.4 Å². The second-order valence-electron chi connectivity index (χ2n) is 3.82. The number of rotatable bonds is 1. The van der Waals surface area contributed by atoms with Gasteiger partial charge in [0.2, 0.25) is 5.91 Å². The summed E-state index contributed by atoms with van der Waals surface area (Å²) in [5, 5.41) is 2.96. The molecule has 1 aromatic rings. The SMILES string of the molecule is Cl.Nc1ccc(C(=O)N2CCNC(=O)C2)c(Cl)c1. The van der Waals surface area contributed by atoms with Crippen LogP contribution in [0.2, 0.25) is 5.02 Å². The maximum Gasteiger partial charge on any atom is 0.255 e. The Morgan fingerprint density at radius 1 is 1.44 bits per heavy atom. The van der Waals surface area contributed by atoms with Gasteiger partial charge in [-0.15, -0.1) is 12.4 Å². The van der Waals surface area contributed by atoms with Crippen molar-refractivity contribution in [2.24, 2.45) is 0 Å². The van der Waals surface area contributed by atoms with Gasteiger partial charge in [-0.3, -0.25) is 9.59 Å². The predicted octanol–water partition coefficient (Wildman–Crippen LogP) is 0.916. The second-order valence-corrected chi connectivity index (χ2v) is 4.22. The van der Waals surface area contributed by atoms with Gasteiger partial charge in [0.15, 0.2) is 0 Å². The molecular weight excluding hydrogens is 277 g/mol. The van der Waals surface area contributed by atoms with Gasteiger partial charge in [-0.2, -0.15) is 0 Å². The molecule has 1 fully saturated rings. The lowest BCUT2D eigenvalue weighted by Gasteiger charge is -2.27. The van der Waals surface area contributed by atoms with Gasteiger partial charge < -0.3 is 16.0 Å². The Morgan fingerprint density at radius 2 is 2.17 bits per heavy atom. The number of piperazine rings is 1. The van der Waals surface area contributed by atoms with E-state index in [1.54, 1.807) is 12.1 Å². The average Bonchev–Trinajstić information content (AvgIpc) is 2.28. The molecule has 1 aliphatic heterocycles. The number of nitrogens with two attached hydrogens (primary N) is 1. The monoisotopic (exact) mass is 289 g/mol. The highest BCUT2D eigenvalue weighted by Crippen LogP contribution is 2.20. The van der Waals surface area contributed by atoms with E-state index in [1.807, 2.05) is 0 Å². The summed E-state index contributed by atoms with van der Waals surface area (Å²) in [6.45, 7) is 1.03. The van der Waals surface area contributed by atoms with Crippen molar-refractivity contribution in [1.29, 1.82) is 0 Å². The van der Waals surface area contributed by atoms with Gasteiger partial charge in [0, 0.05) is 18.8 Å². The van der Waals surface area contributed by atoms with Gasteiger partial charge in [-0.1, -0.05) is 11.6 Å². The summed E-state index contributed by atoms with van der Waals surface area (Å²) in [4.78, 5) is 24.8. The van der Waals surface area contributed by atoms with Crippen LogP contribution in [0.1, 0.15) is 10.4 Å². The van der Waals surface area contributed by atoms with Crippen molar-refractivity contribution in [3.63, 3.8) is 0 Å². The van der Waals surface area contributed by atoms with Crippen LogP contribution >= 0.6 is 24.0 Å². The van der Waals surface area contributed by atoms with E-state index < -0.39 is 0 Å². The molecule has 1 aromatic carbocycles. The molecule has 1 aliphatic rings. The molecule has 2 rings (SSSR count). The standard InChI is InChI=1S/C11H12ClN3O2.ClH/c12-9-5-7(13)1-2-8(9)11(17)15-4-3-14-10(16)6-15;/h1-2,5H,3-4,6,13H2,(H,14,16);1H. The second kappa shape index (κ2) is 5.93. The maximum absolute atomic E-state index is 12.1. The third kappa shape index (κ3) is 3.05. The fraction of sp³-hybridized carbons (Fsp3) is 0.273. The van der Waals surface area contributed by atoms with E-state index in [9.17, 15) is 9.59 Å². The Morgan fingerprint density at radius 3 is 2.78 bits per heavy atom. The molecule has 0 aromatic heterocycles. The van der Waals surface area contributed by atoms with E-state index in [-0.39, 0.29) is 30.8 Å². The Kier molecular flexibility index (Phi) is 4.81. The number of nitrogen functional groups attached to an aromatic ring is 1. The number of amides is 2. The Hall–Kier alpha value is -1.46. The average molecular weight is 290 g/mol. The predicted molar refractivity (Wildman–Crippen MR) is 72.0 cm³/mol. The van der Waals surface area contributed by atoms with E-state index in [4.69, 9.17) is 17.3 Å². The highest BCUT2D eigenvalue weighted by Gasteiger charge is 2.23. The molecule has 0 aliphatic carbocycles. The quantitative estimate of drug-likeness (QED) is 0.755. The molecule has 0 spiro atoms. The third-order valence-corrected chi connectivity index (χ3v) is 2.86. The molecule has 2 amide bonds. The van der Waals surface area contributed by atoms with Gasteiger partial charge in [0.1, 0.15) is 0 Å². The van der Waals surface area contributed by atoms with Crippen LogP contribution in [-0.4, -0.2) is 36.3 Å². The van der Waals surface area contributed by atoms with Crippen molar-refractivity contribution >= 4 is 41.5 Å². The Bertz CT molecular complexity index is 479. The number of halogens is 2. The molecule has 1 heterocycles. The van der Waals surface area contributed by atoms with Crippen molar-refractivity contribution < 1.29 is 9.59 Å². The first-order valence-corrected chi connectivity index (χ1v) is 5.57. The zero-order chi connectivity index (χ0) is 12.4. The molecule has 0 unspecified atom stereocenters. The lowest BCUT2D eigenvalue weighted by molar-refractivity contribution is -0.123. The maximum atomic E-state index is 12.1. The lowest BCUT2D eigenvalue weighted by Crippen LogP contribution is -2.50. The summed E-state index contributed by atoms with van der Waals surface area (Å²) >= 11 is 5.95. The summed E-state index contributed by atoms with van der Waals surface area (Å²) in [6, 6.07) is 4.72. The normalized spacial score (nSPS) is 14.7. The van der Waals surface area contributed by atoms with Crippen molar-refractivity contribution in [1.82, 2.24) is 10.2 Å². The van der Waals surface area contributed by atoms with E-state index >= 15 is 0 Å². The van der Waals surface area contributed by atoms with Crippen LogP contribution in [0.25, 0.3) is 0 Å². The number of nitrogens with zero attached hydrogens (tertiary/aromatic N) is 1. The Balaban J connectivity index is 0.00000162. The van der Waals surface area contributed by atoms with Gasteiger partial charge in [0.25, 0.3) is 5.91 Å². The number of hydrogen-bond acceptors (Lipinski definition) is 3. The van der Waals surface area contributed by atoms with Gasteiger partial charge in [-0.25, -0.2) is 0 Å². The number of nitrogens with one attached hydrogen (secondary N) is 1. The first kappa shape index (κ1) is 14.6. The third-order valence-electron chi connectivity index (χ3n) is 2.55. The molecule has 5 nitrogen and oxygen atoms in total. The molecule has 1 saturated heterocycles. The summed E-state index contributed by atoms with van der Waals surface area (Å²) < 4.78 is 0. The van der Waals surface area contributed by atoms with Crippen molar-refractivity contribution in [2.75, 3.05) is 25.4 Å². The minimum atomic E-state index is -0.246. The summed E-state index contributed by atoms with van der Waals surface area (Å²) in [5.74, 6) is -0.402. The van der Waals surface area contributed by atoms with Crippen LogP contribution in [-0.2, 0) is 4.79 Å². The van der Waals surface area contributed by atoms with E-state index in [2.05, 4.69) is 5.32 Å². The van der Waals surface area contributed by atoms with Crippen molar-refractivity contribution in [3.8, 4) is 0 Å². The molecule has 0 saturated carbocycles. The fourth-order valence-corrected chi connectivity index (χ4v) is 1.96. The molecule has 0 radical (unpaired) electrons. The van der Waals surface area contributed by atoms with Crippen molar-refractivity contribution in [3.05, 3.63) is 28.8 Å². The number of anilines is 1. The van der Waals surface area contributed by atoms with Crippen molar-refractivity contribution in [2.45, 2.75) is 0 Å². The number of benzene rings is 1. The highest BCUT2D eigenvalue weighted by molar-refractivity contribution is 6.34. The molecule has 98 valence electrons. The highest BCUT2D eigenvalue weighted by atomic mass is 35.5. The molecule has 18 heavy (non-hydrogen) atoms. The molecular formula is C11H13Cl2N3O2. The van der Waals surface area contributed by atoms with E-state index in [1.165, 1.54) is 11.0 Å². The molecule has 3 N–H and O–H groups in total. The summed E-state index contributed by atoms with van der Waals surface area (Å²) in [7, 11) is 0. The van der Waals surface area contributed by atoms with Crippen LogP contribution in [0, 0.1) is 0 Å². The van der Waals surface area contributed by atoms with E-state index in [0.29, 0.717) is 29.4 Å². The first-order chi connectivity index (χ1) is 8.08. The zero-order valence-corrected chi connectivity index (χ0v) is 11.1. The lowest BCUT2D eigenvalue weighted by atomic mass is 10.1. The molecule has 0 bridgehead atoms. The van der Waals surface area contributed by atoms with Crippen LogP contribution < -0.4 is 11.1 Å². The van der Waals surface area contributed by atoms with E-state index in [0.717, 1.165) is 0 Å². The summed E-state index contributed by atoms with van der Waals surface area (Å²) in [6.07, 6.45) is 0. The van der Waals surface area contributed by atoms with Gasteiger partial charge in [0.05, 0.1) is 17.1 Å². The molecule has 0 atom stereocenters. The van der Waals surface area contributed by atoms with Crippen LogP contribution in [0.15, 0.2) is 18.2 Å². The van der Waals surface area contributed by atoms with Gasteiger partial charge >= 0.3 is 0 Å². The number of carbonyl (C=O) groups is 2. The fourth-order valence-electron chi connectivity index (χ4n) is 1.69. The summed E-state index contributed by atoms with van der Waals surface area (Å²) in [5.41, 5.74) is 6.43. The minimum Gasteiger partial charge on any atom is -0.399 e. The number of carbonyl (C=O) groups excluding carboxylic acids is 2. The van der Waals surface area contributed by atoms with Crippen LogP contribution in [0.4, 0.5) is 5.69 Å². The minimum absolute atomic E-state index is 0. The smallest absolute Gasteiger partial charge is 0.255 e. The van der Waals surface area contributed by atoms with Crippen LogP contribution in [0.3, 0.4) is 0 Å².